The topological polar surface area (TPSA) is 0 Å². The lowest BCUT2D eigenvalue weighted by Crippen LogP contribution is -2.09. The molecule has 2 atom stereocenters. The first-order chi connectivity index (χ1) is 12.8. The maximum absolute atomic E-state index is 3.94. The SMILES string of the molecule is C=CC(C)CCC(C=CC(C)CC(C)(C)C)=CCCCCCCCCCC. The van der Waals surface area contributed by atoms with Gasteiger partial charge in [0.2, 0.25) is 0 Å². The molecule has 0 saturated carbocycles. The zero-order valence-electron chi connectivity index (χ0n) is 19.7. The molecule has 2 unspecified atom stereocenters. The van der Waals surface area contributed by atoms with Gasteiger partial charge in [-0.15, -0.1) is 6.58 Å². The summed E-state index contributed by atoms with van der Waals surface area (Å²) in [5.74, 6) is 1.25. The fraction of sp³-hybridized carbons (Fsp3) is 0.778. The number of allylic oxidation sites excluding steroid dienone is 5. The molecule has 27 heavy (non-hydrogen) atoms. The van der Waals surface area contributed by atoms with E-state index >= 15 is 0 Å². The molecule has 0 radical (unpaired) electrons. The summed E-state index contributed by atoms with van der Waals surface area (Å²) in [6, 6.07) is 0. The zero-order chi connectivity index (χ0) is 20.5. The van der Waals surface area contributed by atoms with Crippen molar-refractivity contribution in [1.29, 1.82) is 0 Å². The summed E-state index contributed by atoms with van der Waals surface area (Å²) in [5.41, 5.74) is 1.94. The lowest BCUT2D eigenvalue weighted by molar-refractivity contribution is 0.337. The molecule has 0 aliphatic rings. The highest BCUT2D eigenvalue weighted by atomic mass is 14.2. The van der Waals surface area contributed by atoms with Gasteiger partial charge >= 0.3 is 0 Å². The average molecular weight is 375 g/mol. The first kappa shape index (κ1) is 26.2. The molecule has 0 amide bonds. The minimum Gasteiger partial charge on any atom is -0.103 e. The normalized spacial score (nSPS) is 15.3. The fourth-order valence-corrected chi connectivity index (χ4v) is 3.65. The van der Waals surface area contributed by atoms with E-state index in [1.54, 1.807) is 0 Å². The molecule has 0 N–H and O–H groups in total. The molecule has 0 fully saturated rings. The lowest BCUT2D eigenvalue weighted by atomic mass is 9.85. The molecular formula is C27H50. The molecule has 0 aromatic carbocycles. The van der Waals surface area contributed by atoms with Gasteiger partial charge in [0, 0.05) is 0 Å². The molecule has 0 bridgehead atoms. The van der Waals surface area contributed by atoms with Gasteiger partial charge in [0.25, 0.3) is 0 Å². The van der Waals surface area contributed by atoms with Crippen LogP contribution in [0.15, 0.2) is 36.5 Å². The largest absolute Gasteiger partial charge is 0.103 e. The van der Waals surface area contributed by atoms with Crippen molar-refractivity contribution >= 4 is 0 Å². The summed E-state index contributed by atoms with van der Waals surface area (Å²) in [6.07, 6.45) is 25.5. The molecule has 0 aliphatic carbocycles. The predicted octanol–water partition coefficient (Wildman–Crippen LogP) is 9.67. The highest BCUT2D eigenvalue weighted by molar-refractivity contribution is 5.19. The summed E-state index contributed by atoms with van der Waals surface area (Å²) < 4.78 is 0. The van der Waals surface area contributed by atoms with Crippen molar-refractivity contribution in [3.05, 3.63) is 36.5 Å². The van der Waals surface area contributed by atoms with Crippen LogP contribution in [0.1, 0.15) is 119 Å². The monoisotopic (exact) mass is 374 g/mol. The minimum absolute atomic E-state index is 0.405. The van der Waals surface area contributed by atoms with Gasteiger partial charge in [-0.05, 0) is 49.4 Å². The van der Waals surface area contributed by atoms with Gasteiger partial charge in [-0.2, -0.15) is 0 Å². The van der Waals surface area contributed by atoms with Crippen LogP contribution in [0.4, 0.5) is 0 Å². The van der Waals surface area contributed by atoms with Gasteiger partial charge in [-0.25, -0.2) is 0 Å². The van der Waals surface area contributed by atoms with Gasteiger partial charge in [0.1, 0.15) is 0 Å². The van der Waals surface area contributed by atoms with Gasteiger partial charge in [-0.3, -0.25) is 0 Å². The van der Waals surface area contributed by atoms with Crippen LogP contribution in [0, 0.1) is 17.3 Å². The van der Waals surface area contributed by atoms with E-state index in [-0.39, 0.29) is 0 Å². The van der Waals surface area contributed by atoms with Crippen LogP contribution in [0.5, 0.6) is 0 Å². The Morgan fingerprint density at radius 2 is 1.48 bits per heavy atom. The summed E-state index contributed by atoms with van der Waals surface area (Å²) in [5, 5.41) is 0. The third-order valence-corrected chi connectivity index (χ3v) is 5.33. The molecule has 158 valence electrons. The predicted molar refractivity (Wildman–Crippen MR) is 126 cm³/mol. The van der Waals surface area contributed by atoms with Gasteiger partial charge in [0.05, 0.1) is 0 Å². The van der Waals surface area contributed by atoms with E-state index in [2.05, 4.69) is 72.4 Å². The van der Waals surface area contributed by atoms with Crippen LogP contribution < -0.4 is 0 Å². The van der Waals surface area contributed by atoms with E-state index in [1.165, 1.54) is 82.6 Å². The van der Waals surface area contributed by atoms with Crippen LogP contribution in [0.2, 0.25) is 0 Å². The van der Waals surface area contributed by atoms with Gasteiger partial charge in [-0.1, -0.05) is 116 Å². The van der Waals surface area contributed by atoms with Crippen LogP contribution in [-0.2, 0) is 0 Å². The maximum atomic E-state index is 3.94. The Morgan fingerprint density at radius 1 is 0.889 bits per heavy atom. The second-order valence-electron chi connectivity index (χ2n) is 9.90. The van der Waals surface area contributed by atoms with Crippen molar-refractivity contribution in [3.63, 3.8) is 0 Å². The highest BCUT2D eigenvalue weighted by Gasteiger charge is 2.13. The Morgan fingerprint density at radius 3 is 2.04 bits per heavy atom. The van der Waals surface area contributed by atoms with E-state index in [0.717, 1.165) is 0 Å². The molecule has 0 rings (SSSR count). The number of hydrogen-bond donors (Lipinski definition) is 0. The quantitative estimate of drug-likeness (QED) is 0.143. The number of unbranched alkanes of at least 4 members (excludes halogenated alkanes) is 8. The summed E-state index contributed by atoms with van der Waals surface area (Å²) in [7, 11) is 0. The van der Waals surface area contributed by atoms with E-state index in [4.69, 9.17) is 0 Å². The molecule has 0 nitrogen and oxygen atoms in total. The zero-order valence-corrected chi connectivity index (χ0v) is 19.7. The summed E-state index contributed by atoms with van der Waals surface area (Å²) >= 11 is 0. The van der Waals surface area contributed by atoms with Crippen LogP contribution >= 0.6 is 0 Å². The molecule has 0 aromatic heterocycles. The average Bonchev–Trinajstić information content (AvgIpc) is 2.60. The first-order valence-electron chi connectivity index (χ1n) is 11.8. The van der Waals surface area contributed by atoms with Gasteiger partial charge in [0.15, 0.2) is 0 Å². The van der Waals surface area contributed by atoms with Crippen molar-refractivity contribution in [1.82, 2.24) is 0 Å². The molecule has 0 aliphatic heterocycles. The second-order valence-corrected chi connectivity index (χ2v) is 9.90. The Balaban J connectivity index is 4.36. The Hall–Kier alpha value is -0.780. The van der Waals surface area contributed by atoms with Crippen molar-refractivity contribution in [2.75, 3.05) is 0 Å². The maximum Gasteiger partial charge on any atom is -0.0254 e. The molecule has 0 saturated heterocycles. The highest BCUT2D eigenvalue weighted by Crippen LogP contribution is 2.25. The summed E-state index contributed by atoms with van der Waals surface area (Å²) in [6.45, 7) is 17.9. The number of rotatable bonds is 16. The molecule has 0 aromatic rings. The Kier molecular flexibility index (Phi) is 15.7. The van der Waals surface area contributed by atoms with Gasteiger partial charge < -0.3 is 0 Å². The van der Waals surface area contributed by atoms with E-state index in [0.29, 0.717) is 17.3 Å². The standard InChI is InChI=1S/C27H50/c1-8-10-11-12-13-14-15-16-17-18-26(21-19-24(3)9-2)22-20-25(4)23-27(5,6)7/h9,18,20,22,24-25H,2,8,10-17,19,21,23H2,1,3-7H3. The molecule has 0 heterocycles. The van der Waals surface area contributed by atoms with Crippen LogP contribution in [0.3, 0.4) is 0 Å². The van der Waals surface area contributed by atoms with Crippen LogP contribution in [0.25, 0.3) is 0 Å². The van der Waals surface area contributed by atoms with Crippen molar-refractivity contribution in [3.8, 4) is 0 Å². The van der Waals surface area contributed by atoms with Crippen molar-refractivity contribution in [2.24, 2.45) is 17.3 Å². The fourth-order valence-electron chi connectivity index (χ4n) is 3.65. The van der Waals surface area contributed by atoms with Crippen LogP contribution in [-0.4, -0.2) is 0 Å². The van der Waals surface area contributed by atoms with Crippen molar-refractivity contribution < 1.29 is 0 Å². The molecule has 0 spiro atoms. The third kappa shape index (κ3) is 18.4. The van der Waals surface area contributed by atoms with E-state index in [1.807, 2.05) is 0 Å². The lowest BCUT2D eigenvalue weighted by Gasteiger charge is -2.21. The molecular weight excluding hydrogens is 324 g/mol. The second kappa shape index (κ2) is 16.2. The van der Waals surface area contributed by atoms with E-state index in [9.17, 15) is 0 Å². The third-order valence-electron chi connectivity index (χ3n) is 5.33. The first-order valence-corrected chi connectivity index (χ1v) is 11.8. The Bertz CT molecular complexity index is 404. The molecule has 0 heteroatoms. The number of hydrogen-bond acceptors (Lipinski definition) is 0. The Labute approximate surface area is 172 Å². The smallest absolute Gasteiger partial charge is 0.0254 e. The van der Waals surface area contributed by atoms with Crippen molar-refractivity contribution in [2.45, 2.75) is 119 Å². The summed E-state index contributed by atoms with van der Waals surface area (Å²) in [4.78, 5) is 0. The van der Waals surface area contributed by atoms with E-state index < -0.39 is 0 Å². The minimum atomic E-state index is 0.405.